The van der Waals surface area contributed by atoms with Gasteiger partial charge >= 0.3 is 0 Å². The van der Waals surface area contributed by atoms with Gasteiger partial charge in [-0.05, 0) is 44.0 Å². The molecule has 4 rings (SSSR count). The van der Waals surface area contributed by atoms with Crippen molar-refractivity contribution in [1.29, 1.82) is 0 Å². The van der Waals surface area contributed by atoms with Gasteiger partial charge in [-0.25, -0.2) is 17.7 Å². The zero-order chi connectivity index (χ0) is 18.1. The number of rotatable bonds is 3. The van der Waals surface area contributed by atoms with Gasteiger partial charge in [0.2, 0.25) is 0 Å². The Morgan fingerprint density at radius 3 is 2.42 bits per heavy atom. The molecule has 0 N–H and O–H groups in total. The Hall–Kier alpha value is -1.79. The number of aliphatic imine (C=N–C) groups is 1. The number of thioether (sulfide) groups is 1. The average Bonchev–Trinajstić information content (AvgIpc) is 3.01. The molecule has 1 saturated heterocycles. The van der Waals surface area contributed by atoms with Gasteiger partial charge in [-0.3, -0.25) is 0 Å². The summed E-state index contributed by atoms with van der Waals surface area (Å²) in [6.45, 7) is 1.96. The van der Waals surface area contributed by atoms with Crippen LogP contribution in [0.4, 0.5) is 5.69 Å². The molecule has 0 unspecified atom stereocenters. The second kappa shape index (κ2) is 7.08. The van der Waals surface area contributed by atoms with Gasteiger partial charge in [0, 0.05) is 5.25 Å². The molecule has 0 amide bonds. The highest BCUT2D eigenvalue weighted by atomic mass is 32.2. The second-order valence-corrected chi connectivity index (χ2v) is 9.87. The third kappa shape index (κ3) is 3.28. The van der Waals surface area contributed by atoms with E-state index in [9.17, 15) is 8.42 Å². The summed E-state index contributed by atoms with van der Waals surface area (Å²) in [5.41, 5.74) is 1.84. The number of hydrogen-bond acceptors (Lipinski definition) is 4. The van der Waals surface area contributed by atoms with E-state index in [1.165, 1.54) is 0 Å². The normalized spacial score (nSPS) is 24.7. The molecule has 0 radical (unpaired) electrons. The number of benzene rings is 2. The lowest BCUT2D eigenvalue weighted by molar-refractivity contribution is 0.348. The number of nitrogens with zero attached hydrogens (tertiary/aromatic N) is 2. The van der Waals surface area contributed by atoms with Crippen LogP contribution in [0.15, 0.2) is 64.5 Å². The van der Waals surface area contributed by atoms with Crippen molar-refractivity contribution in [3.8, 4) is 0 Å². The summed E-state index contributed by atoms with van der Waals surface area (Å²) in [6.07, 6.45) is 4.17. The zero-order valence-electron chi connectivity index (χ0n) is 14.7. The van der Waals surface area contributed by atoms with Crippen LogP contribution in [0.1, 0.15) is 31.2 Å². The lowest BCUT2D eigenvalue weighted by atomic mass is 9.95. The Morgan fingerprint density at radius 2 is 1.69 bits per heavy atom. The molecule has 0 aromatic heterocycles. The summed E-state index contributed by atoms with van der Waals surface area (Å²) in [4.78, 5) is 5.04. The molecule has 26 heavy (non-hydrogen) atoms. The number of aryl methyl sites for hydroxylation is 1. The quantitative estimate of drug-likeness (QED) is 0.766. The van der Waals surface area contributed by atoms with E-state index in [2.05, 4.69) is 0 Å². The van der Waals surface area contributed by atoms with Gasteiger partial charge in [-0.2, -0.15) is 0 Å². The highest BCUT2D eigenvalue weighted by molar-refractivity contribution is 8.16. The van der Waals surface area contributed by atoms with Crippen LogP contribution < -0.4 is 0 Å². The van der Waals surface area contributed by atoms with Crippen molar-refractivity contribution in [2.75, 3.05) is 0 Å². The highest BCUT2D eigenvalue weighted by Crippen LogP contribution is 2.44. The van der Waals surface area contributed by atoms with E-state index in [0.29, 0.717) is 15.3 Å². The molecule has 1 saturated carbocycles. The summed E-state index contributed by atoms with van der Waals surface area (Å²) in [6, 6.07) is 16.7. The third-order valence-corrected chi connectivity index (χ3v) is 8.27. The van der Waals surface area contributed by atoms with Gasteiger partial charge < -0.3 is 0 Å². The molecule has 2 fully saturated rings. The minimum Gasteiger partial charge on any atom is -0.240 e. The lowest BCUT2D eigenvalue weighted by Gasteiger charge is -2.30. The van der Waals surface area contributed by atoms with Crippen LogP contribution >= 0.6 is 11.8 Å². The lowest BCUT2D eigenvalue weighted by Crippen LogP contribution is -2.42. The zero-order valence-corrected chi connectivity index (χ0v) is 16.3. The van der Waals surface area contributed by atoms with Crippen LogP contribution in [0.5, 0.6) is 0 Å². The smallest absolute Gasteiger partial charge is 0.240 e. The fourth-order valence-electron chi connectivity index (χ4n) is 3.61. The Bertz CT molecular complexity index is 909. The average molecular weight is 387 g/mol. The molecule has 2 atom stereocenters. The maximum atomic E-state index is 13.4. The van der Waals surface area contributed by atoms with Crippen LogP contribution in [-0.2, 0) is 10.0 Å². The number of fused-ring (bicyclic) bond motifs is 1. The van der Waals surface area contributed by atoms with Crippen LogP contribution in [0.2, 0.25) is 0 Å². The topological polar surface area (TPSA) is 49.7 Å². The number of amidine groups is 1. The van der Waals surface area contributed by atoms with Gasteiger partial charge in [0.05, 0.1) is 16.6 Å². The SMILES string of the molecule is Cc1ccc(S(=O)(=O)N2C(=Nc3ccccc3)S[C@@H]3CCCC[C@H]32)cc1. The van der Waals surface area contributed by atoms with Crippen LogP contribution in [0.25, 0.3) is 0 Å². The monoisotopic (exact) mass is 386 g/mol. The first-order valence-corrected chi connectivity index (χ1v) is 11.3. The van der Waals surface area contributed by atoms with E-state index in [1.807, 2.05) is 49.4 Å². The molecule has 0 spiro atoms. The number of para-hydroxylation sites is 1. The molecule has 1 heterocycles. The first-order valence-electron chi connectivity index (χ1n) is 8.97. The van der Waals surface area contributed by atoms with Crippen molar-refractivity contribution in [1.82, 2.24) is 4.31 Å². The van der Waals surface area contributed by atoms with E-state index in [4.69, 9.17) is 4.99 Å². The van der Waals surface area contributed by atoms with Gasteiger partial charge in [0.25, 0.3) is 10.0 Å². The van der Waals surface area contributed by atoms with Crippen LogP contribution in [0.3, 0.4) is 0 Å². The molecule has 2 aromatic carbocycles. The number of hydrogen-bond donors (Lipinski definition) is 0. The summed E-state index contributed by atoms with van der Waals surface area (Å²) in [5, 5.41) is 0.903. The second-order valence-electron chi connectivity index (χ2n) is 6.85. The fourth-order valence-corrected chi connectivity index (χ4v) is 7.04. The van der Waals surface area contributed by atoms with Crippen molar-refractivity contribution in [2.24, 2.45) is 4.99 Å². The summed E-state index contributed by atoms with van der Waals surface area (Å²) >= 11 is 1.62. The Labute approximate surface area is 159 Å². The Balaban J connectivity index is 1.78. The highest BCUT2D eigenvalue weighted by Gasteiger charge is 2.46. The van der Waals surface area contributed by atoms with E-state index in [0.717, 1.165) is 36.9 Å². The standard InChI is InChI=1S/C20H22N2O2S2/c1-15-11-13-17(14-12-15)26(23,24)22-18-9-5-6-10-19(18)25-20(22)21-16-7-3-2-4-8-16/h2-4,7-8,11-14,18-19H,5-6,9-10H2,1H3/t18-,19-/m1/s1. The minimum absolute atomic E-state index is 0.00233. The van der Waals surface area contributed by atoms with E-state index in [1.54, 1.807) is 28.2 Å². The van der Waals surface area contributed by atoms with Gasteiger partial charge in [-0.1, -0.05) is 60.5 Å². The van der Waals surface area contributed by atoms with E-state index >= 15 is 0 Å². The van der Waals surface area contributed by atoms with Crippen molar-refractivity contribution in [2.45, 2.75) is 48.8 Å². The molecule has 1 aliphatic heterocycles. The molecule has 6 heteroatoms. The molecule has 0 bridgehead atoms. The predicted octanol–water partition coefficient (Wildman–Crippen LogP) is 4.73. The first-order chi connectivity index (χ1) is 12.6. The molecule has 2 aromatic rings. The molecular formula is C20H22N2O2S2. The van der Waals surface area contributed by atoms with Crippen molar-refractivity contribution in [3.05, 3.63) is 60.2 Å². The van der Waals surface area contributed by atoms with Gasteiger partial charge in [-0.15, -0.1) is 0 Å². The number of sulfonamides is 1. The van der Waals surface area contributed by atoms with Crippen LogP contribution in [0, 0.1) is 6.92 Å². The maximum Gasteiger partial charge on any atom is 0.266 e. The van der Waals surface area contributed by atoms with Crippen molar-refractivity contribution in [3.63, 3.8) is 0 Å². The minimum atomic E-state index is -3.61. The Kier molecular flexibility index (Phi) is 4.80. The largest absolute Gasteiger partial charge is 0.266 e. The van der Waals surface area contributed by atoms with Gasteiger partial charge in [0.15, 0.2) is 5.17 Å². The van der Waals surface area contributed by atoms with Crippen LogP contribution in [-0.4, -0.2) is 29.2 Å². The third-order valence-electron chi connectivity index (χ3n) is 4.97. The predicted molar refractivity (Wildman–Crippen MR) is 107 cm³/mol. The Morgan fingerprint density at radius 1 is 1.00 bits per heavy atom. The summed E-state index contributed by atoms with van der Waals surface area (Å²) < 4.78 is 28.5. The molecule has 4 nitrogen and oxygen atoms in total. The van der Waals surface area contributed by atoms with Crippen molar-refractivity contribution >= 4 is 32.6 Å². The molecule has 136 valence electrons. The molecule has 1 aliphatic carbocycles. The summed E-state index contributed by atoms with van der Waals surface area (Å²) in [7, 11) is -3.61. The van der Waals surface area contributed by atoms with E-state index < -0.39 is 10.0 Å². The van der Waals surface area contributed by atoms with E-state index in [-0.39, 0.29) is 6.04 Å². The maximum absolute atomic E-state index is 13.4. The molecule has 2 aliphatic rings. The van der Waals surface area contributed by atoms with Gasteiger partial charge in [0.1, 0.15) is 0 Å². The first kappa shape index (κ1) is 17.6. The fraction of sp³-hybridized carbons (Fsp3) is 0.350. The summed E-state index contributed by atoms with van der Waals surface area (Å²) in [5.74, 6) is 0. The van der Waals surface area contributed by atoms with Crippen molar-refractivity contribution < 1.29 is 8.42 Å². The molecular weight excluding hydrogens is 364 g/mol.